The normalized spacial score (nSPS) is 14.4. The second-order valence-electron chi connectivity index (χ2n) is 6.04. The number of aryl methyl sites for hydroxylation is 1. The number of hydrogen-bond donors (Lipinski definition) is 2. The van der Waals surface area contributed by atoms with E-state index in [1.165, 1.54) is 6.92 Å². The molecule has 0 bridgehead atoms. The van der Waals surface area contributed by atoms with Crippen LogP contribution in [0.1, 0.15) is 41.4 Å². The average Bonchev–Trinajstić information content (AvgIpc) is 2.58. The second kappa shape index (κ2) is 6.88. The molecule has 1 atom stereocenters. The summed E-state index contributed by atoms with van der Waals surface area (Å²) in [5.74, 6) is -1.35. The smallest absolute Gasteiger partial charge is 0.339 e. The molecule has 7 nitrogen and oxygen atoms in total. The van der Waals surface area contributed by atoms with E-state index in [0.29, 0.717) is 10.9 Å². The van der Waals surface area contributed by atoms with Crippen molar-refractivity contribution in [2.45, 2.75) is 38.7 Å². The van der Waals surface area contributed by atoms with Gasteiger partial charge in [-0.3, -0.25) is 15.1 Å². The summed E-state index contributed by atoms with van der Waals surface area (Å²) in [5.41, 5.74) is 7.90. The molecule has 0 spiro atoms. The minimum Gasteiger partial charge on any atom is -0.449 e. The molecule has 0 fully saturated rings. The van der Waals surface area contributed by atoms with E-state index in [0.717, 1.165) is 42.5 Å². The predicted octanol–water partition coefficient (Wildman–Crippen LogP) is 1.85. The van der Waals surface area contributed by atoms with Crippen LogP contribution in [0.25, 0.3) is 10.9 Å². The number of primary amides is 1. The number of nitrogens with zero attached hydrogens (tertiary/aromatic N) is 1. The predicted molar refractivity (Wildman–Crippen MR) is 91.0 cm³/mol. The van der Waals surface area contributed by atoms with Crippen molar-refractivity contribution in [2.24, 2.45) is 5.73 Å². The van der Waals surface area contributed by atoms with Crippen LogP contribution in [-0.2, 0) is 22.4 Å². The Bertz CT molecular complexity index is 863. The fourth-order valence-electron chi connectivity index (χ4n) is 3.10. The number of esters is 1. The molecule has 130 valence electrons. The Morgan fingerprint density at radius 3 is 2.68 bits per heavy atom. The number of carbonyl (C=O) groups is 3. The quantitative estimate of drug-likeness (QED) is 0.828. The van der Waals surface area contributed by atoms with Gasteiger partial charge in [0.25, 0.3) is 5.91 Å². The molecule has 1 aliphatic rings. The van der Waals surface area contributed by atoms with Gasteiger partial charge in [0, 0.05) is 11.1 Å². The molecular formula is C18H19N3O4. The van der Waals surface area contributed by atoms with Crippen LogP contribution in [0, 0.1) is 0 Å². The fraction of sp³-hybridized carbons (Fsp3) is 0.333. The van der Waals surface area contributed by atoms with Crippen LogP contribution < -0.4 is 11.1 Å². The maximum atomic E-state index is 12.8. The number of para-hydroxylation sites is 1. The Balaban J connectivity index is 1.98. The number of imide groups is 1. The molecule has 1 heterocycles. The number of nitrogens with one attached hydrogen (secondary N) is 1. The van der Waals surface area contributed by atoms with Gasteiger partial charge in [-0.1, -0.05) is 18.2 Å². The van der Waals surface area contributed by atoms with Crippen LogP contribution in [0.2, 0.25) is 0 Å². The van der Waals surface area contributed by atoms with E-state index < -0.39 is 24.0 Å². The monoisotopic (exact) mass is 341 g/mol. The van der Waals surface area contributed by atoms with Crippen molar-refractivity contribution in [1.82, 2.24) is 10.3 Å². The van der Waals surface area contributed by atoms with Crippen LogP contribution in [-0.4, -0.2) is 29.0 Å². The molecule has 0 saturated carbocycles. The first-order valence-corrected chi connectivity index (χ1v) is 8.19. The van der Waals surface area contributed by atoms with E-state index in [1.54, 1.807) is 0 Å². The SMILES string of the molecule is CC(OC(=O)c1c2c(nc3ccccc13)CCCC2)C(=O)NC(N)=O. The summed E-state index contributed by atoms with van der Waals surface area (Å²) < 4.78 is 5.29. The summed E-state index contributed by atoms with van der Waals surface area (Å²) in [6.45, 7) is 1.39. The van der Waals surface area contributed by atoms with Gasteiger partial charge in [0.05, 0.1) is 11.1 Å². The van der Waals surface area contributed by atoms with Gasteiger partial charge in [0.2, 0.25) is 0 Å². The number of rotatable bonds is 3. The third kappa shape index (κ3) is 3.45. The van der Waals surface area contributed by atoms with Crippen molar-refractivity contribution in [3.05, 3.63) is 41.1 Å². The highest BCUT2D eigenvalue weighted by Gasteiger charge is 2.26. The molecule has 2 aromatic rings. The van der Waals surface area contributed by atoms with E-state index >= 15 is 0 Å². The number of aromatic nitrogens is 1. The maximum absolute atomic E-state index is 12.8. The Morgan fingerprint density at radius 1 is 1.20 bits per heavy atom. The molecule has 3 amide bonds. The number of amides is 3. The highest BCUT2D eigenvalue weighted by molar-refractivity contribution is 6.06. The lowest BCUT2D eigenvalue weighted by Crippen LogP contribution is -2.42. The van der Waals surface area contributed by atoms with Crippen molar-refractivity contribution in [2.75, 3.05) is 0 Å². The topological polar surface area (TPSA) is 111 Å². The number of carbonyl (C=O) groups excluding carboxylic acids is 3. The Morgan fingerprint density at radius 2 is 1.92 bits per heavy atom. The Labute approximate surface area is 144 Å². The Kier molecular flexibility index (Phi) is 4.65. The standard InChI is InChI=1S/C18H19N3O4/c1-10(16(22)21-18(19)24)25-17(23)15-11-6-2-4-8-13(11)20-14-9-5-3-7-12(14)15/h2,4,6,8,10H,3,5,7,9H2,1H3,(H3,19,21,22,24). The van der Waals surface area contributed by atoms with Crippen LogP contribution in [0.5, 0.6) is 0 Å². The van der Waals surface area contributed by atoms with Crippen molar-refractivity contribution in [3.63, 3.8) is 0 Å². The molecule has 3 rings (SSSR count). The molecule has 1 aromatic heterocycles. The molecule has 0 aliphatic heterocycles. The van der Waals surface area contributed by atoms with Gasteiger partial charge in [-0.15, -0.1) is 0 Å². The molecule has 1 aliphatic carbocycles. The van der Waals surface area contributed by atoms with Crippen molar-refractivity contribution < 1.29 is 19.1 Å². The highest BCUT2D eigenvalue weighted by atomic mass is 16.5. The fourth-order valence-corrected chi connectivity index (χ4v) is 3.10. The lowest BCUT2D eigenvalue weighted by molar-refractivity contribution is -0.127. The summed E-state index contributed by atoms with van der Waals surface area (Å²) in [6, 6.07) is 6.38. The summed E-state index contributed by atoms with van der Waals surface area (Å²) in [7, 11) is 0. The second-order valence-corrected chi connectivity index (χ2v) is 6.04. The third-order valence-electron chi connectivity index (χ3n) is 4.27. The number of nitrogens with two attached hydrogens (primary N) is 1. The van der Waals surface area contributed by atoms with Crippen LogP contribution in [0.4, 0.5) is 4.79 Å². The number of fused-ring (bicyclic) bond motifs is 2. The molecule has 1 aromatic carbocycles. The van der Waals surface area contributed by atoms with Gasteiger partial charge in [-0.2, -0.15) is 0 Å². The summed E-state index contributed by atoms with van der Waals surface area (Å²) in [4.78, 5) is 40.0. The van der Waals surface area contributed by atoms with Crippen molar-refractivity contribution in [3.8, 4) is 0 Å². The summed E-state index contributed by atoms with van der Waals surface area (Å²) in [6.07, 6.45) is 2.44. The molecule has 0 saturated heterocycles. The minimum atomic E-state index is -1.13. The van der Waals surface area contributed by atoms with E-state index in [-0.39, 0.29) is 0 Å². The van der Waals surface area contributed by atoms with Gasteiger partial charge in [-0.05, 0) is 44.2 Å². The van der Waals surface area contributed by atoms with Crippen molar-refractivity contribution in [1.29, 1.82) is 0 Å². The van der Waals surface area contributed by atoms with Crippen LogP contribution in [0.3, 0.4) is 0 Å². The summed E-state index contributed by atoms with van der Waals surface area (Å²) in [5, 5.41) is 2.61. The van der Waals surface area contributed by atoms with Crippen LogP contribution in [0.15, 0.2) is 24.3 Å². The molecule has 1 unspecified atom stereocenters. The van der Waals surface area contributed by atoms with E-state index in [2.05, 4.69) is 4.98 Å². The molecule has 3 N–H and O–H groups in total. The minimum absolute atomic E-state index is 0.457. The van der Waals surface area contributed by atoms with Crippen LogP contribution >= 0.6 is 0 Å². The van der Waals surface area contributed by atoms with E-state index in [9.17, 15) is 14.4 Å². The average molecular weight is 341 g/mol. The molecular weight excluding hydrogens is 322 g/mol. The zero-order valence-corrected chi connectivity index (χ0v) is 13.9. The molecule has 7 heteroatoms. The number of pyridine rings is 1. The van der Waals surface area contributed by atoms with E-state index in [4.69, 9.17) is 10.5 Å². The zero-order chi connectivity index (χ0) is 18.0. The molecule has 0 radical (unpaired) electrons. The number of benzene rings is 1. The summed E-state index contributed by atoms with van der Waals surface area (Å²) >= 11 is 0. The highest BCUT2D eigenvalue weighted by Crippen LogP contribution is 2.30. The van der Waals surface area contributed by atoms with Gasteiger partial charge in [0.15, 0.2) is 6.10 Å². The first-order chi connectivity index (χ1) is 12.0. The zero-order valence-electron chi connectivity index (χ0n) is 13.9. The van der Waals surface area contributed by atoms with Gasteiger partial charge in [0.1, 0.15) is 0 Å². The van der Waals surface area contributed by atoms with Gasteiger partial charge in [-0.25, -0.2) is 9.59 Å². The lowest BCUT2D eigenvalue weighted by atomic mass is 9.90. The first kappa shape index (κ1) is 16.9. The third-order valence-corrected chi connectivity index (χ3v) is 4.27. The molecule has 25 heavy (non-hydrogen) atoms. The largest absolute Gasteiger partial charge is 0.449 e. The number of hydrogen-bond acceptors (Lipinski definition) is 5. The van der Waals surface area contributed by atoms with Gasteiger partial charge >= 0.3 is 12.0 Å². The van der Waals surface area contributed by atoms with Gasteiger partial charge < -0.3 is 10.5 Å². The lowest BCUT2D eigenvalue weighted by Gasteiger charge is -2.21. The van der Waals surface area contributed by atoms with E-state index in [1.807, 2.05) is 29.6 Å². The number of ether oxygens (including phenoxy) is 1. The first-order valence-electron chi connectivity index (χ1n) is 8.19. The van der Waals surface area contributed by atoms with Crippen molar-refractivity contribution >= 4 is 28.8 Å². The maximum Gasteiger partial charge on any atom is 0.339 e. The Hall–Kier alpha value is -2.96. The number of urea groups is 1.